The lowest BCUT2D eigenvalue weighted by Crippen LogP contribution is -1.84. The summed E-state index contributed by atoms with van der Waals surface area (Å²) in [5, 5.41) is 0. The molecule has 0 N–H and O–H groups in total. The van der Waals surface area contributed by atoms with Crippen LogP contribution in [0.15, 0.2) is 54.6 Å². The normalized spacial score (nSPS) is 23.1. The van der Waals surface area contributed by atoms with E-state index in [1.807, 2.05) is 6.07 Å². The van der Waals surface area contributed by atoms with Crippen molar-refractivity contribution < 1.29 is 4.74 Å². The zero-order valence-corrected chi connectivity index (χ0v) is 9.26. The standard InChI is InChI=1S/C15H14O/c1-11-6-5-9-13(10-11)15-14(16-15)12-7-3-2-4-8-12/h2-10,14-15H,1H3. The Bertz CT molecular complexity index is 490. The van der Waals surface area contributed by atoms with E-state index in [4.69, 9.17) is 4.74 Å². The van der Waals surface area contributed by atoms with Crippen LogP contribution >= 0.6 is 0 Å². The van der Waals surface area contributed by atoms with Gasteiger partial charge in [0.05, 0.1) is 0 Å². The van der Waals surface area contributed by atoms with Crippen molar-refractivity contribution in [3.05, 3.63) is 71.3 Å². The van der Waals surface area contributed by atoms with Gasteiger partial charge in [0, 0.05) is 0 Å². The lowest BCUT2D eigenvalue weighted by Gasteiger charge is -1.98. The average molecular weight is 210 g/mol. The van der Waals surface area contributed by atoms with Crippen LogP contribution in [0, 0.1) is 6.92 Å². The van der Waals surface area contributed by atoms with Gasteiger partial charge in [-0.3, -0.25) is 0 Å². The molecule has 0 radical (unpaired) electrons. The number of rotatable bonds is 2. The number of aryl methyl sites for hydroxylation is 1. The van der Waals surface area contributed by atoms with Crippen molar-refractivity contribution >= 4 is 0 Å². The molecule has 0 aromatic heterocycles. The van der Waals surface area contributed by atoms with Crippen molar-refractivity contribution in [3.8, 4) is 0 Å². The van der Waals surface area contributed by atoms with E-state index in [1.165, 1.54) is 16.7 Å². The third-order valence-corrected chi connectivity index (χ3v) is 2.99. The second-order valence-corrected chi connectivity index (χ2v) is 4.30. The molecule has 2 unspecified atom stereocenters. The first kappa shape index (κ1) is 9.61. The van der Waals surface area contributed by atoms with Gasteiger partial charge in [0.1, 0.15) is 12.2 Å². The second kappa shape index (κ2) is 3.76. The highest BCUT2D eigenvalue weighted by Crippen LogP contribution is 2.50. The Labute approximate surface area is 95.7 Å². The van der Waals surface area contributed by atoms with Gasteiger partial charge in [0.25, 0.3) is 0 Å². The lowest BCUT2D eigenvalue weighted by molar-refractivity contribution is 0.377. The first-order valence-electron chi connectivity index (χ1n) is 5.61. The van der Waals surface area contributed by atoms with E-state index in [-0.39, 0.29) is 12.2 Å². The number of hydrogen-bond acceptors (Lipinski definition) is 1. The minimum absolute atomic E-state index is 0.252. The third kappa shape index (κ3) is 1.74. The SMILES string of the molecule is Cc1cccc(C2OC2c2ccccc2)c1. The highest BCUT2D eigenvalue weighted by molar-refractivity contribution is 5.32. The van der Waals surface area contributed by atoms with Gasteiger partial charge in [-0.2, -0.15) is 0 Å². The molecule has 1 heterocycles. The van der Waals surface area contributed by atoms with Crippen molar-refractivity contribution in [2.75, 3.05) is 0 Å². The maximum Gasteiger partial charge on any atom is 0.114 e. The highest BCUT2D eigenvalue weighted by atomic mass is 16.6. The van der Waals surface area contributed by atoms with E-state index in [1.54, 1.807) is 0 Å². The average Bonchev–Trinajstić information content (AvgIpc) is 3.10. The van der Waals surface area contributed by atoms with E-state index in [9.17, 15) is 0 Å². The molecule has 2 aromatic carbocycles. The summed E-state index contributed by atoms with van der Waals surface area (Å²) < 4.78 is 5.74. The van der Waals surface area contributed by atoms with Gasteiger partial charge in [-0.25, -0.2) is 0 Å². The molecule has 1 heteroatoms. The Morgan fingerprint density at radius 2 is 1.50 bits per heavy atom. The van der Waals surface area contributed by atoms with Crippen molar-refractivity contribution in [3.63, 3.8) is 0 Å². The lowest BCUT2D eigenvalue weighted by atomic mass is 10.0. The monoisotopic (exact) mass is 210 g/mol. The fourth-order valence-corrected chi connectivity index (χ4v) is 2.11. The van der Waals surface area contributed by atoms with Gasteiger partial charge in [-0.15, -0.1) is 0 Å². The van der Waals surface area contributed by atoms with Gasteiger partial charge in [-0.05, 0) is 18.1 Å². The van der Waals surface area contributed by atoms with Crippen LogP contribution in [0.2, 0.25) is 0 Å². The molecule has 3 rings (SSSR count). The molecule has 0 bridgehead atoms. The quantitative estimate of drug-likeness (QED) is 0.687. The first-order chi connectivity index (χ1) is 7.84. The minimum Gasteiger partial charge on any atom is -0.359 e. The third-order valence-electron chi connectivity index (χ3n) is 2.99. The Morgan fingerprint density at radius 3 is 2.25 bits per heavy atom. The van der Waals surface area contributed by atoms with E-state index < -0.39 is 0 Å². The largest absolute Gasteiger partial charge is 0.359 e. The summed E-state index contributed by atoms with van der Waals surface area (Å²) in [5.41, 5.74) is 3.85. The minimum atomic E-state index is 0.252. The zero-order valence-electron chi connectivity index (χ0n) is 9.26. The van der Waals surface area contributed by atoms with Gasteiger partial charge in [0.15, 0.2) is 0 Å². The predicted octanol–water partition coefficient (Wildman–Crippen LogP) is 3.81. The van der Waals surface area contributed by atoms with Crippen LogP contribution in [0.1, 0.15) is 28.9 Å². The van der Waals surface area contributed by atoms with Gasteiger partial charge in [0.2, 0.25) is 0 Å². The van der Waals surface area contributed by atoms with Gasteiger partial charge >= 0.3 is 0 Å². The summed E-state index contributed by atoms with van der Waals surface area (Å²) in [5.74, 6) is 0. The topological polar surface area (TPSA) is 12.5 Å². The summed E-state index contributed by atoms with van der Waals surface area (Å²) in [4.78, 5) is 0. The van der Waals surface area contributed by atoms with Gasteiger partial charge in [-0.1, -0.05) is 60.2 Å². The maximum absolute atomic E-state index is 5.74. The highest BCUT2D eigenvalue weighted by Gasteiger charge is 2.41. The van der Waals surface area contributed by atoms with Crippen LogP contribution in [-0.4, -0.2) is 0 Å². The van der Waals surface area contributed by atoms with E-state index in [2.05, 4.69) is 55.5 Å². The molecule has 0 amide bonds. The molecule has 1 nitrogen and oxygen atoms in total. The molecule has 0 spiro atoms. The van der Waals surface area contributed by atoms with E-state index in [0.717, 1.165) is 0 Å². The molecule has 0 aliphatic carbocycles. The maximum atomic E-state index is 5.74. The number of epoxide rings is 1. The van der Waals surface area contributed by atoms with E-state index >= 15 is 0 Å². The second-order valence-electron chi connectivity index (χ2n) is 4.30. The smallest absolute Gasteiger partial charge is 0.114 e. The molecule has 2 aromatic rings. The van der Waals surface area contributed by atoms with Crippen LogP contribution in [0.25, 0.3) is 0 Å². The molecule has 1 fully saturated rings. The Morgan fingerprint density at radius 1 is 0.812 bits per heavy atom. The molecule has 0 saturated carbocycles. The summed E-state index contributed by atoms with van der Waals surface area (Å²) in [6.07, 6.45) is 0.505. The van der Waals surface area contributed by atoms with Crippen LogP contribution in [0.5, 0.6) is 0 Å². The van der Waals surface area contributed by atoms with Crippen LogP contribution in [-0.2, 0) is 4.74 Å². The molecule has 2 atom stereocenters. The molecule has 1 saturated heterocycles. The van der Waals surface area contributed by atoms with Crippen LogP contribution in [0.3, 0.4) is 0 Å². The van der Waals surface area contributed by atoms with E-state index in [0.29, 0.717) is 0 Å². The Kier molecular flexibility index (Phi) is 2.26. The van der Waals surface area contributed by atoms with Gasteiger partial charge < -0.3 is 4.74 Å². The fourth-order valence-electron chi connectivity index (χ4n) is 2.11. The molecule has 80 valence electrons. The fraction of sp³-hybridized carbons (Fsp3) is 0.200. The first-order valence-corrected chi connectivity index (χ1v) is 5.61. The van der Waals surface area contributed by atoms with Crippen LogP contribution < -0.4 is 0 Å². The number of ether oxygens (including phenoxy) is 1. The van der Waals surface area contributed by atoms with Crippen LogP contribution in [0.4, 0.5) is 0 Å². The zero-order chi connectivity index (χ0) is 11.0. The number of benzene rings is 2. The summed E-state index contributed by atoms with van der Waals surface area (Å²) >= 11 is 0. The predicted molar refractivity (Wildman–Crippen MR) is 64.2 cm³/mol. The van der Waals surface area contributed by atoms with Crippen molar-refractivity contribution in [2.45, 2.75) is 19.1 Å². The molecule has 1 aliphatic heterocycles. The number of hydrogen-bond donors (Lipinski definition) is 0. The summed E-state index contributed by atoms with van der Waals surface area (Å²) in [6.45, 7) is 2.11. The molecular weight excluding hydrogens is 196 g/mol. The summed E-state index contributed by atoms with van der Waals surface area (Å²) in [6, 6.07) is 19.0. The molecule has 1 aliphatic rings. The Balaban J connectivity index is 1.82. The van der Waals surface area contributed by atoms with Crippen molar-refractivity contribution in [1.29, 1.82) is 0 Å². The molecule has 16 heavy (non-hydrogen) atoms. The summed E-state index contributed by atoms with van der Waals surface area (Å²) in [7, 11) is 0. The Hall–Kier alpha value is -1.60. The van der Waals surface area contributed by atoms with Crippen molar-refractivity contribution in [2.24, 2.45) is 0 Å². The van der Waals surface area contributed by atoms with Crippen molar-refractivity contribution in [1.82, 2.24) is 0 Å². The molecular formula is C15H14O.